The van der Waals surface area contributed by atoms with Gasteiger partial charge < -0.3 is 4.79 Å². The molecule has 0 saturated heterocycles. The topological polar surface area (TPSA) is 17.1 Å². The van der Waals surface area contributed by atoms with Gasteiger partial charge >= 0.3 is 29.6 Å². The summed E-state index contributed by atoms with van der Waals surface area (Å²) < 4.78 is 0. The van der Waals surface area contributed by atoms with E-state index in [4.69, 9.17) is 0 Å². The average molecular weight is 81.1 g/mol. The van der Waals surface area contributed by atoms with Crippen molar-refractivity contribution in [3.8, 4) is 0 Å². The maximum absolute atomic E-state index is 9.44. The third-order valence-electron chi connectivity index (χ3n) is 0. The minimum Gasteiger partial charge on any atom is -0.300 e. The molecule has 0 N–H and O–H groups in total. The van der Waals surface area contributed by atoms with E-state index < -0.39 is 0 Å². The standard InChI is InChI=1S/C3H6O.Na/c1-3(2)4;/h1-2H3;/q;+1. The van der Waals surface area contributed by atoms with E-state index in [0.29, 0.717) is 0 Å². The Morgan fingerprint density at radius 3 is 1.40 bits per heavy atom. The van der Waals surface area contributed by atoms with Crippen LogP contribution in [0.2, 0.25) is 0 Å². The van der Waals surface area contributed by atoms with Gasteiger partial charge in [0.25, 0.3) is 0 Å². The van der Waals surface area contributed by atoms with Gasteiger partial charge in [-0.2, -0.15) is 0 Å². The monoisotopic (exact) mass is 81.0 g/mol. The average Bonchev–Trinajstić information content (AvgIpc) is 0.811. The van der Waals surface area contributed by atoms with Crippen LogP contribution in [0.15, 0.2) is 0 Å². The van der Waals surface area contributed by atoms with E-state index in [9.17, 15) is 4.79 Å². The summed E-state index contributed by atoms with van der Waals surface area (Å²) in [5.74, 6) is 0.167. The van der Waals surface area contributed by atoms with Crippen LogP contribution in [0.3, 0.4) is 0 Å². The molecule has 0 aliphatic heterocycles. The second-order valence-electron chi connectivity index (χ2n) is 0.908. The molecule has 0 atom stereocenters. The second-order valence-corrected chi connectivity index (χ2v) is 0.908. The summed E-state index contributed by atoms with van der Waals surface area (Å²) in [7, 11) is 0. The molecule has 0 rings (SSSR count). The van der Waals surface area contributed by atoms with Crippen LogP contribution in [0.1, 0.15) is 13.8 Å². The third kappa shape index (κ3) is 74.2. The van der Waals surface area contributed by atoms with Gasteiger partial charge in [0.2, 0.25) is 0 Å². The summed E-state index contributed by atoms with van der Waals surface area (Å²) in [6.07, 6.45) is 0. The van der Waals surface area contributed by atoms with Crippen molar-refractivity contribution in [2.75, 3.05) is 0 Å². The fourth-order valence-corrected chi connectivity index (χ4v) is 0. The maximum atomic E-state index is 9.44. The molecule has 0 spiro atoms. The minimum absolute atomic E-state index is 0. The number of carbonyl (C=O) groups is 1. The van der Waals surface area contributed by atoms with Gasteiger partial charge in [0.15, 0.2) is 0 Å². The quantitative estimate of drug-likeness (QED) is 0.297. The van der Waals surface area contributed by atoms with Gasteiger partial charge in [-0.15, -0.1) is 0 Å². The van der Waals surface area contributed by atoms with Crippen molar-refractivity contribution in [3.63, 3.8) is 0 Å². The van der Waals surface area contributed by atoms with E-state index in [2.05, 4.69) is 0 Å². The molecule has 0 aliphatic rings. The molecule has 0 fully saturated rings. The number of hydrogen-bond donors (Lipinski definition) is 0. The Hall–Kier alpha value is 0.670. The van der Waals surface area contributed by atoms with E-state index in [-0.39, 0.29) is 35.3 Å². The molecular weight excluding hydrogens is 75.0 g/mol. The van der Waals surface area contributed by atoms with Crippen molar-refractivity contribution in [1.82, 2.24) is 0 Å². The number of hydrogen-bond acceptors (Lipinski definition) is 1. The predicted molar refractivity (Wildman–Crippen MR) is 16.4 cm³/mol. The number of ketones is 1. The molecule has 0 saturated carbocycles. The fourth-order valence-electron chi connectivity index (χ4n) is 0. The minimum atomic E-state index is 0. The molecule has 24 valence electrons. The molecular formula is C3H6NaO+. The van der Waals surface area contributed by atoms with Gasteiger partial charge in [0.1, 0.15) is 5.78 Å². The molecule has 0 bridgehead atoms. The smallest absolute Gasteiger partial charge is 0.300 e. The van der Waals surface area contributed by atoms with E-state index >= 15 is 0 Å². The molecule has 0 radical (unpaired) electrons. The molecule has 0 aliphatic carbocycles. The van der Waals surface area contributed by atoms with Crippen LogP contribution in [0.25, 0.3) is 0 Å². The molecule has 0 unspecified atom stereocenters. The zero-order valence-electron chi connectivity index (χ0n) is 3.91. The molecule has 5 heavy (non-hydrogen) atoms. The molecule has 2 heteroatoms. The van der Waals surface area contributed by atoms with Crippen LogP contribution in [-0.4, -0.2) is 5.78 Å². The third-order valence-corrected chi connectivity index (χ3v) is 0. The Labute approximate surface area is 54.0 Å². The first-order valence-corrected chi connectivity index (χ1v) is 1.20. The molecule has 0 aromatic heterocycles. The van der Waals surface area contributed by atoms with Gasteiger partial charge in [0, 0.05) is 0 Å². The van der Waals surface area contributed by atoms with E-state index in [1.165, 1.54) is 13.8 Å². The SMILES string of the molecule is CC(C)=O.[Na+]. The normalized spacial score (nSPS) is 5.20. The fraction of sp³-hybridized carbons (Fsp3) is 0.667. The van der Waals surface area contributed by atoms with Crippen LogP contribution in [0, 0.1) is 0 Å². The summed E-state index contributed by atoms with van der Waals surface area (Å²) in [5.41, 5.74) is 0. The van der Waals surface area contributed by atoms with Crippen molar-refractivity contribution >= 4 is 5.78 Å². The van der Waals surface area contributed by atoms with Crippen LogP contribution in [0.4, 0.5) is 0 Å². The predicted octanol–water partition coefficient (Wildman–Crippen LogP) is -2.40. The van der Waals surface area contributed by atoms with Crippen molar-refractivity contribution in [2.45, 2.75) is 13.8 Å². The Morgan fingerprint density at radius 2 is 1.40 bits per heavy atom. The summed E-state index contributed by atoms with van der Waals surface area (Å²) in [6, 6.07) is 0. The van der Waals surface area contributed by atoms with Gasteiger partial charge in [-0.25, -0.2) is 0 Å². The molecule has 1 nitrogen and oxygen atoms in total. The van der Waals surface area contributed by atoms with Gasteiger partial charge in [-0.3, -0.25) is 0 Å². The first-order valence-electron chi connectivity index (χ1n) is 1.20. The Balaban J connectivity index is 0. The summed E-state index contributed by atoms with van der Waals surface area (Å²) in [6.45, 7) is 3.06. The molecule has 0 aromatic rings. The second kappa shape index (κ2) is 4.67. The zero-order chi connectivity index (χ0) is 3.58. The van der Waals surface area contributed by atoms with Crippen molar-refractivity contribution in [3.05, 3.63) is 0 Å². The summed E-state index contributed by atoms with van der Waals surface area (Å²) >= 11 is 0. The molecule has 0 amide bonds. The van der Waals surface area contributed by atoms with E-state index in [1.807, 2.05) is 0 Å². The first kappa shape index (κ1) is 9.18. The van der Waals surface area contributed by atoms with Gasteiger partial charge in [-0.1, -0.05) is 0 Å². The van der Waals surface area contributed by atoms with Crippen molar-refractivity contribution < 1.29 is 34.4 Å². The Kier molecular flexibility index (Phi) is 8.57. The number of rotatable bonds is 0. The summed E-state index contributed by atoms with van der Waals surface area (Å²) in [4.78, 5) is 9.44. The van der Waals surface area contributed by atoms with Crippen LogP contribution < -0.4 is 29.6 Å². The van der Waals surface area contributed by atoms with Gasteiger partial charge in [-0.05, 0) is 13.8 Å². The van der Waals surface area contributed by atoms with Gasteiger partial charge in [0.05, 0.1) is 0 Å². The largest absolute Gasteiger partial charge is 1.00 e. The number of carbonyl (C=O) groups excluding carboxylic acids is 1. The van der Waals surface area contributed by atoms with Crippen molar-refractivity contribution in [1.29, 1.82) is 0 Å². The Morgan fingerprint density at radius 1 is 1.40 bits per heavy atom. The molecule has 0 aromatic carbocycles. The van der Waals surface area contributed by atoms with Crippen LogP contribution >= 0.6 is 0 Å². The number of Topliss-reactive ketones (excluding diaryl/α,β-unsaturated/α-hetero) is 1. The van der Waals surface area contributed by atoms with E-state index in [0.717, 1.165) is 0 Å². The van der Waals surface area contributed by atoms with Crippen molar-refractivity contribution in [2.24, 2.45) is 0 Å². The summed E-state index contributed by atoms with van der Waals surface area (Å²) in [5, 5.41) is 0. The first-order chi connectivity index (χ1) is 1.73. The maximum Gasteiger partial charge on any atom is 1.00 e. The molecule has 0 heterocycles. The van der Waals surface area contributed by atoms with Crippen LogP contribution in [0.5, 0.6) is 0 Å². The van der Waals surface area contributed by atoms with Crippen LogP contribution in [-0.2, 0) is 4.79 Å². The van der Waals surface area contributed by atoms with E-state index in [1.54, 1.807) is 0 Å². The zero-order valence-corrected chi connectivity index (χ0v) is 5.91. The Bertz CT molecular complexity index is 29.9.